The van der Waals surface area contributed by atoms with Crippen molar-refractivity contribution < 1.29 is 17.9 Å². The Hall–Kier alpha value is -2.36. The molecule has 1 atom stereocenters. The van der Waals surface area contributed by atoms with Gasteiger partial charge in [-0.2, -0.15) is 18.3 Å². The van der Waals surface area contributed by atoms with Gasteiger partial charge in [-0.3, -0.25) is 5.01 Å². The number of halogens is 3. The Morgan fingerprint density at radius 3 is 2.44 bits per heavy atom. The number of ether oxygens (including phenoxy) is 1. The maximum atomic E-state index is 13.5. The largest absolute Gasteiger partial charge is 0.451 e. The number of likely N-dealkylation sites (N-methyl/N-ethyl adjacent to an activating group) is 1. The summed E-state index contributed by atoms with van der Waals surface area (Å²) in [6.45, 7) is 14.2. The highest BCUT2D eigenvalue weighted by molar-refractivity contribution is 5.77. The molecule has 0 aromatic carbocycles. The molecule has 0 saturated carbocycles. The number of alkyl halides is 3. The Kier molecular flexibility index (Phi) is 9.73. The number of hydrazone groups is 1. The molecule has 1 unspecified atom stereocenters. The number of anilines is 2. The van der Waals surface area contributed by atoms with E-state index in [1.807, 2.05) is 57.8 Å². The van der Waals surface area contributed by atoms with Gasteiger partial charge in [0.2, 0.25) is 5.82 Å². The Morgan fingerprint density at radius 1 is 1.26 bits per heavy atom. The number of nitrogens with zero attached hydrogens (tertiary/aromatic N) is 5. The first-order chi connectivity index (χ1) is 15.8. The van der Waals surface area contributed by atoms with Crippen LogP contribution in [0.3, 0.4) is 0 Å². The lowest BCUT2D eigenvalue weighted by Crippen LogP contribution is -2.44. The average molecular weight is 485 g/mol. The normalized spacial score (nSPS) is 16.5. The molecule has 1 aromatic rings. The van der Waals surface area contributed by atoms with E-state index < -0.39 is 17.5 Å². The van der Waals surface area contributed by atoms with Crippen molar-refractivity contribution in [2.24, 2.45) is 11.0 Å². The van der Waals surface area contributed by atoms with Crippen LogP contribution in [0.25, 0.3) is 0 Å². The van der Waals surface area contributed by atoms with E-state index in [0.717, 1.165) is 18.4 Å². The molecule has 0 radical (unpaired) electrons. The van der Waals surface area contributed by atoms with Crippen LogP contribution in [0, 0.1) is 5.92 Å². The average Bonchev–Trinajstić information content (AvgIpc) is 2.68. The van der Waals surface area contributed by atoms with Crippen LogP contribution >= 0.6 is 0 Å². The maximum Gasteiger partial charge on any atom is 0.451 e. The highest BCUT2D eigenvalue weighted by Gasteiger charge is 2.36. The summed E-state index contributed by atoms with van der Waals surface area (Å²) in [5.74, 6) is -0.412. The van der Waals surface area contributed by atoms with Crippen molar-refractivity contribution >= 4 is 17.9 Å². The predicted molar refractivity (Wildman–Crippen MR) is 131 cm³/mol. The van der Waals surface area contributed by atoms with Crippen LogP contribution in [-0.2, 0) is 10.9 Å². The number of rotatable bonds is 11. The summed E-state index contributed by atoms with van der Waals surface area (Å²) in [7, 11) is 1.94. The van der Waals surface area contributed by atoms with E-state index >= 15 is 0 Å². The molecular formula is C24H39F3N6O. The van der Waals surface area contributed by atoms with Crippen LogP contribution in [0.1, 0.15) is 60.2 Å². The summed E-state index contributed by atoms with van der Waals surface area (Å²) >= 11 is 0. The van der Waals surface area contributed by atoms with Crippen molar-refractivity contribution in [3.8, 4) is 0 Å². The van der Waals surface area contributed by atoms with Crippen LogP contribution in [0.5, 0.6) is 0 Å². The molecule has 2 heterocycles. The fourth-order valence-electron chi connectivity index (χ4n) is 3.46. The second-order valence-electron chi connectivity index (χ2n) is 9.76. The van der Waals surface area contributed by atoms with Gasteiger partial charge < -0.3 is 15.0 Å². The van der Waals surface area contributed by atoms with E-state index in [1.54, 1.807) is 6.07 Å². The van der Waals surface area contributed by atoms with Crippen LogP contribution in [-0.4, -0.2) is 66.1 Å². The minimum absolute atomic E-state index is 0.170. The molecular weight excluding hydrogens is 445 g/mol. The molecule has 1 fully saturated rings. The van der Waals surface area contributed by atoms with Crippen LogP contribution in [0.15, 0.2) is 22.8 Å². The van der Waals surface area contributed by atoms with Gasteiger partial charge in [-0.25, -0.2) is 9.97 Å². The van der Waals surface area contributed by atoms with Crippen molar-refractivity contribution in [3.63, 3.8) is 0 Å². The van der Waals surface area contributed by atoms with Crippen molar-refractivity contribution in [1.29, 1.82) is 0 Å². The van der Waals surface area contributed by atoms with Gasteiger partial charge in [0.1, 0.15) is 11.6 Å². The summed E-state index contributed by atoms with van der Waals surface area (Å²) in [4.78, 5) is 9.42. The van der Waals surface area contributed by atoms with Gasteiger partial charge in [-0.1, -0.05) is 13.0 Å². The van der Waals surface area contributed by atoms with Gasteiger partial charge in [0, 0.05) is 38.0 Å². The fourth-order valence-corrected chi connectivity index (χ4v) is 3.46. The lowest BCUT2D eigenvalue weighted by molar-refractivity contribution is -0.144. The van der Waals surface area contributed by atoms with E-state index in [1.165, 1.54) is 0 Å². The molecule has 1 aliphatic rings. The molecule has 0 bridgehead atoms. The van der Waals surface area contributed by atoms with E-state index in [9.17, 15) is 13.2 Å². The molecule has 0 amide bonds. The number of hydrogen-bond donors (Lipinski definition) is 1. The molecule has 7 nitrogen and oxygen atoms in total. The smallest absolute Gasteiger partial charge is 0.377 e. The molecule has 0 aliphatic carbocycles. The molecule has 34 heavy (non-hydrogen) atoms. The van der Waals surface area contributed by atoms with Crippen LogP contribution < -0.4 is 10.2 Å². The Labute approximate surface area is 201 Å². The summed E-state index contributed by atoms with van der Waals surface area (Å²) in [6, 6.07) is 1.93. The minimum Gasteiger partial charge on any atom is -0.377 e. The standard InChI is InChI=1S/C24H39F3N6O/c1-8-18(12-17(3)14-28-32(7)19-15-34-16-19)10-11-33(9-2)21-13-20(31-23(4,5)6)29-22(30-21)24(25,26)27/h12-14,18-19H,8-11,15-16H2,1-7H3,(H,29,30,31)/b17-12+,28-14-. The van der Waals surface area contributed by atoms with Gasteiger partial charge in [-0.05, 0) is 59.0 Å². The topological polar surface area (TPSA) is 65.9 Å². The molecule has 0 spiro atoms. The van der Waals surface area contributed by atoms with Crippen LogP contribution in [0.2, 0.25) is 0 Å². The second-order valence-corrected chi connectivity index (χ2v) is 9.76. The van der Waals surface area contributed by atoms with E-state index in [0.29, 0.717) is 32.3 Å². The first kappa shape index (κ1) is 27.9. The Morgan fingerprint density at radius 2 is 1.94 bits per heavy atom. The minimum atomic E-state index is -4.62. The van der Waals surface area contributed by atoms with Gasteiger partial charge in [0.05, 0.1) is 19.3 Å². The summed E-state index contributed by atoms with van der Waals surface area (Å²) in [5.41, 5.74) is 0.627. The third-order valence-electron chi connectivity index (χ3n) is 5.56. The molecule has 1 N–H and O–H groups in total. The number of aromatic nitrogens is 2. The monoisotopic (exact) mass is 484 g/mol. The number of hydrogen-bond acceptors (Lipinski definition) is 7. The van der Waals surface area contributed by atoms with Gasteiger partial charge >= 0.3 is 6.18 Å². The zero-order valence-electron chi connectivity index (χ0n) is 21.4. The lowest BCUT2D eigenvalue weighted by Gasteiger charge is -2.32. The third-order valence-corrected chi connectivity index (χ3v) is 5.56. The highest BCUT2D eigenvalue weighted by atomic mass is 19.4. The first-order valence-corrected chi connectivity index (χ1v) is 11.8. The Bertz CT molecular complexity index is 846. The summed E-state index contributed by atoms with van der Waals surface area (Å²) < 4.78 is 45.6. The zero-order chi connectivity index (χ0) is 25.5. The second kappa shape index (κ2) is 11.9. The van der Waals surface area contributed by atoms with Crippen molar-refractivity contribution in [3.05, 3.63) is 23.5 Å². The SMILES string of the molecule is CCC(/C=C(C)/C=N\N(C)C1COC1)CCN(CC)c1cc(NC(C)(C)C)nc(C(F)(F)F)n1. The maximum absolute atomic E-state index is 13.5. The zero-order valence-corrected chi connectivity index (χ0v) is 21.4. The van der Waals surface area contributed by atoms with Crippen molar-refractivity contribution in [1.82, 2.24) is 15.0 Å². The Balaban J connectivity index is 2.12. The van der Waals surface area contributed by atoms with Crippen molar-refractivity contribution in [2.45, 2.75) is 72.1 Å². The van der Waals surface area contributed by atoms with Gasteiger partial charge in [0.25, 0.3) is 0 Å². The number of allylic oxidation sites excluding steroid dienone is 2. The third kappa shape index (κ3) is 8.77. The molecule has 1 aromatic heterocycles. The number of nitrogens with one attached hydrogen (secondary N) is 1. The quantitative estimate of drug-likeness (QED) is 0.344. The van der Waals surface area contributed by atoms with Gasteiger partial charge in [0.15, 0.2) is 0 Å². The molecule has 10 heteroatoms. The van der Waals surface area contributed by atoms with E-state index in [-0.39, 0.29) is 17.6 Å². The molecule has 2 rings (SSSR count). The lowest BCUT2D eigenvalue weighted by atomic mass is 9.99. The molecule has 1 aliphatic heterocycles. The summed E-state index contributed by atoms with van der Waals surface area (Å²) in [5, 5.41) is 9.44. The van der Waals surface area contributed by atoms with Crippen LogP contribution in [0.4, 0.5) is 24.8 Å². The van der Waals surface area contributed by atoms with Gasteiger partial charge in [-0.15, -0.1) is 0 Å². The molecule has 192 valence electrons. The van der Waals surface area contributed by atoms with Crippen molar-refractivity contribution in [2.75, 3.05) is 43.6 Å². The predicted octanol–water partition coefficient (Wildman–Crippen LogP) is 5.21. The van der Waals surface area contributed by atoms with E-state index in [2.05, 4.69) is 33.4 Å². The molecule has 1 saturated heterocycles. The highest BCUT2D eigenvalue weighted by Crippen LogP contribution is 2.30. The van der Waals surface area contributed by atoms with E-state index in [4.69, 9.17) is 4.74 Å². The fraction of sp³-hybridized carbons (Fsp3) is 0.708. The first-order valence-electron chi connectivity index (χ1n) is 11.8. The summed E-state index contributed by atoms with van der Waals surface area (Å²) in [6.07, 6.45) is 1.12.